The molecule has 0 aliphatic heterocycles. The molecule has 1 aliphatic rings. The number of hydrogen-bond donors (Lipinski definition) is 1. The monoisotopic (exact) mass is 373 g/mol. The lowest BCUT2D eigenvalue weighted by molar-refractivity contribution is -0.274. The fourth-order valence-electron chi connectivity index (χ4n) is 4.04. The Morgan fingerprint density at radius 3 is 2.38 bits per heavy atom. The first-order valence-corrected chi connectivity index (χ1v) is 9.36. The zero-order chi connectivity index (χ0) is 19.4. The van der Waals surface area contributed by atoms with E-state index >= 15 is 0 Å². The molecular formula is C20H30F3NO2. The lowest BCUT2D eigenvalue weighted by Gasteiger charge is -2.41. The Hall–Kier alpha value is -1.27. The molecule has 0 aromatic heterocycles. The summed E-state index contributed by atoms with van der Waals surface area (Å²) >= 11 is 0. The molecule has 26 heavy (non-hydrogen) atoms. The molecule has 1 aromatic carbocycles. The maximum atomic E-state index is 12.6. The van der Waals surface area contributed by atoms with Gasteiger partial charge in [-0.15, -0.1) is 13.2 Å². The number of hydrogen-bond acceptors (Lipinski definition) is 3. The summed E-state index contributed by atoms with van der Waals surface area (Å²) in [6.07, 6.45) is -0.382. The van der Waals surface area contributed by atoms with Crippen LogP contribution in [-0.4, -0.2) is 42.1 Å². The van der Waals surface area contributed by atoms with Gasteiger partial charge in [0.05, 0.1) is 5.60 Å². The molecule has 0 heterocycles. The fourth-order valence-corrected chi connectivity index (χ4v) is 4.04. The Morgan fingerprint density at radius 1 is 1.15 bits per heavy atom. The molecule has 3 nitrogen and oxygen atoms in total. The number of ether oxygens (including phenoxy) is 1. The first-order valence-electron chi connectivity index (χ1n) is 9.36. The highest BCUT2D eigenvalue weighted by molar-refractivity contribution is 5.33. The van der Waals surface area contributed by atoms with Gasteiger partial charge in [-0.3, -0.25) is 0 Å². The Balaban J connectivity index is 2.29. The Labute approximate surface area is 154 Å². The van der Waals surface area contributed by atoms with Crippen LogP contribution in [0.4, 0.5) is 13.2 Å². The van der Waals surface area contributed by atoms with Gasteiger partial charge in [0.15, 0.2) is 0 Å². The van der Waals surface area contributed by atoms with Gasteiger partial charge in [0.1, 0.15) is 5.75 Å². The van der Waals surface area contributed by atoms with Crippen molar-refractivity contribution in [2.24, 2.45) is 5.92 Å². The summed E-state index contributed by atoms with van der Waals surface area (Å²) in [5, 5.41) is 11.3. The summed E-state index contributed by atoms with van der Waals surface area (Å²) < 4.78 is 41.8. The molecule has 0 saturated heterocycles. The van der Waals surface area contributed by atoms with Crippen molar-refractivity contribution in [3.63, 3.8) is 0 Å². The summed E-state index contributed by atoms with van der Waals surface area (Å²) in [5.74, 6) is -0.00389. The molecule has 1 atom stereocenters. The average molecular weight is 373 g/mol. The highest BCUT2D eigenvalue weighted by Gasteiger charge is 2.39. The van der Waals surface area contributed by atoms with Gasteiger partial charge in [0.2, 0.25) is 0 Å². The SMILES string of the molecule is CC(C)CN(C)CC(c1cccc(OC(F)(F)F)c1)C1(O)CCCCC1. The van der Waals surface area contributed by atoms with Crippen LogP contribution in [0.1, 0.15) is 57.4 Å². The van der Waals surface area contributed by atoms with E-state index in [1.54, 1.807) is 12.1 Å². The fraction of sp³-hybridized carbons (Fsp3) is 0.700. The van der Waals surface area contributed by atoms with Gasteiger partial charge in [-0.2, -0.15) is 0 Å². The first kappa shape index (κ1) is 21.0. The highest BCUT2D eigenvalue weighted by Crippen LogP contribution is 2.41. The van der Waals surface area contributed by atoms with Gasteiger partial charge in [-0.25, -0.2) is 0 Å². The van der Waals surface area contributed by atoms with E-state index in [0.717, 1.165) is 25.8 Å². The number of alkyl halides is 3. The van der Waals surface area contributed by atoms with Crippen molar-refractivity contribution in [3.8, 4) is 5.75 Å². The highest BCUT2D eigenvalue weighted by atomic mass is 19.4. The number of halogens is 3. The molecule has 1 aromatic rings. The van der Waals surface area contributed by atoms with E-state index in [-0.39, 0.29) is 11.7 Å². The second-order valence-corrected chi connectivity index (χ2v) is 7.95. The largest absolute Gasteiger partial charge is 0.573 e. The van der Waals surface area contributed by atoms with E-state index in [0.29, 0.717) is 30.9 Å². The molecule has 1 saturated carbocycles. The number of nitrogens with zero attached hydrogens (tertiary/aromatic N) is 1. The zero-order valence-corrected chi connectivity index (χ0v) is 15.9. The van der Waals surface area contributed by atoms with Crippen LogP contribution < -0.4 is 4.74 Å². The van der Waals surface area contributed by atoms with Crippen LogP contribution in [0.2, 0.25) is 0 Å². The van der Waals surface area contributed by atoms with E-state index < -0.39 is 12.0 Å². The molecule has 0 radical (unpaired) electrons. The predicted molar refractivity (Wildman–Crippen MR) is 96.2 cm³/mol. The quantitative estimate of drug-likeness (QED) is 0.734. The summed E-state index contributed by atoms with van der Waals surface area (Å²) in [4.78, 5) is 2.15. The smallest absolute Gasteiger partial charge is 0.406 e. The topological polar surface area (TPSA) is 32.7 Å². The number of benzene rings is 1. The van der Waals surface area contributed by atoms with Crippen LogP contribution in [0.3, 0.4) is 0 Å². The third kappa shape index (κ3) is 6.16. The number of rotatable bonds is 7. The number of aliphatic hydroxyl groups is 1. The van der Waals surface area contributed by atoms with Crippen LogP contribution in [0.15, 0.2) is 24.3 Å². The lowest BCUT2D eigenvalue weighted by atomic mass is 9.72. The second kappa shape index (κ2) is 8.61. The minimum absolute atomic E-state index is 0.231. The summed E-state index contributed by atoms with van der Waals surface area (Å²) in [6, 6.07) is 6.09. The van der Waals surface area contributed by atoms with E-state index in [9.17, 15) is 18.3 Å². The third-order valence-corrected chi connectivity index (χ3v) is 5.03. The van der Waals surface area contributed by atoms with Crippen LogP contribution in [-0.2, 0) is 0 Å². The molecule has 1 fully saturated rings. The first-order chi connectivity index (χ1) is 12.1. The summed E-state index contributed by atoms with van der Waals surface area (Å²) in [7, 11) is 2.00. The van der Waals surface area contributed by atoms with Crippen molar-refractivity contribution in [3.05, 3.63) is 29.8 Å². The Bertz CT molecular complexity index is 568. The van der Waals surface area contributed by atoms with E-state index in [2.05, 4.69) is 23.5 Å². The van der Waals surface area contributed by atoms with Gasteiger partial charge in [0, 0.05) is 19.0 Å². The van der Waals surface area contributed by atoms with E-state index in [1.807, 2.05) is 7.05 Å². The normalized spacial score (nSPS) is 19.0. The third-order valence-electron chi connectivity index (χ3n) is 5.03. The predicted octanol–water partition coefficient (Wildman–Crippen LogP) is 4.95. The summed E-state index contributed by atoms with van der Waals surface area (Å²) in [5.41, 5.74) is -0.188. The Kier molecular flexibility index (Phi) is 6.97. The van der Waals surface area contributed by atoms with Crippen LogP contribution in [0.5, 0.6) is 5.75 Å². The molecule has 0 bridgehead atoms. The molecule has 0 spiro atoms. The van der Waals surface area contributed by atoms with E-state index in [1.165, 1.54) is 12.1 Å². The van der Waals surface area contributed by atoms with Crippen molar-refractivity contribution in [1.82, 2.24) is 4.90 Å². The van der Waals surface area contributed by atoms with Gasteiger partial charge >= 0.3 is 6.36 Å². The standard InChI is InChI=1S/C20H30F3NO2/c1-15(2)13-24(3)14-18(19(25)10-5-4-6-11-19)16-8-7-9-17(12-16)26-20(21,22)23/h7-9,12,15,18,25H,4-6,10-11,13-14H2,1-3H3. The minimum atomic E-state index is -4.72. The molecule has 148 valence electrons. The van der Waals surface area contributed by atoms with Gasteiger partial charge in [0.25, 0.3) is 0 Å². The molecule has 1 aliphatic carbocycles. The maximum Gasteiger partial charge on any atom is 0.573 e. The van der Waals surface area contributed by atoms with Gasteiger partial charge in [-0.05, 0) is 43.5 Å². The van der Waals surface area contributed by atoms with Gasteiger partial charge < -0.3 is 14.7 Å². The molecule has 6 heteroatoms. The minimum Gasteiger partial charge on any atom is -0.406 e. The van der Waals surface area contributed by atoms with Crippen LogP contribution in [0, 0.1) is 5.92 Å². The van der Waals surface area contributed by atoms with Crippen molar-refractivity contribution in [2.75, 3.05) is 20.1 Å². The van der Waals surface area contributed by atoms with E-state index in [4.69, 9.17) is 0 Å². The van der Waals surface area contributed by atoms with Crippen molar-refractivity contribution in [1.29, 1.82) is 0 Å². The lowest BCUT2D eigenvalue weighted by Crippen LogP contribution is -2.44. The van der Waals surface area contributed by atoms with Gasteiger partial charge in [-0.1, -0.05) is 45.2 Å². The molecule has 1 unspecified atom stereocenters. The van der Waals surface area contributed by atoms with Crippen molar-refractivity contribution in [2.45, 2.75) is 63.8 Å². The maximum absolute atomic E-state index is 12.6. The van der Waals surface area contributed by atoms with Crippen molar-refractivity contribution >= 4 is 0 Å². The van der Waals surface area contributed by atoms with Crippen molar-refractivity contribution < 1.29 is 23.0 Å². The molecule has 2 rings (SSSR count). The van der Waals surface area contributed by atoms with Crippen LogP contribution >= 0.6 is 0 Å². The molecule has 1 N–H and O–H groups in total. The second-order valence-electron chi connectivity index (χ2n) is 7.95. The zero-order valence-electron chi connectivity index (χ0n) is 15.9. The number of likely N-dealkylation sites (N-methyl/N-ethyl adjacent to an activating group) is 1. The molecular weight excluding hydrogens is 343 g/mol. The summed E-state index contributed by atoms with van der Waals surface area (Å²) in [6.45, 7) is 5.71. The molecule has 0 amide bonds. The Morgan fingerprint density at radius 2 is 1.81 bits per heavy atom. The average Bonchev–Trinajstić information content (AvgIpc) is 2.51. The van der Waals surface area contributed by atoms with Crippen LogP contribution in [0.25, 0.3) is 0 Å².